The molecule has 0 spiro atoms. The molecule has 94 valence electrons. The van der Waals surface area contributed by atoms with Crippen LogP contribution in [0.2, 0.25) is 0 Å². The molecular weight excluding hydrogens is 234 g/mol. The van der Waals surface area contributed by atoms with Crippen molar-refractivity contribution in [3.05, 3.63) is 29.8 Å². The Morgan fingerprint density at radius 3 is 2.76 bits per heavy atom. The molecule has 1 aliphatic rings. The van der Waals surface area contributed by atoms with Gasteiger partial charge in [-0.25, -0.2) is 0 Å². The van der Waals surface area contributed by atoms with Crippen LogP contribution in [-0.4, -0.2) is 38.7 Å². The maximum atomic E-state index is 5.56. The summed E-state index contributed by atoms with van der Waals surface area (Å²) < 4.78 is 10.9. The van der Waals surface area contributed by atoms with E-state index in [9.17, 15) is 0 Å². The van der Waals surface area contributed by atoms with Gasteiger partial charge < -0.3 is 14.8 Å². The lowest BCUT2D eigenvalue weighted by atomic mass is 10.2. The fourth-order valence-corrected chi connectivity index (χ4v) is 2.18. The Hall–Kier alpha value is -0.550. The Morgan fingerprint density at radius 2 is 2.12 bits per heavy atom. The third-order valence-corrected chi connectivity index (χ3v) is 3.49. The van der Waals surface area contributed by atoms with Gasteiger partial charge in [0, 0.05) is 18.0 Å². The lowest BCUT2D eigenvalue weighted by Gasteiger charge is -2.23. The summed E-state index contributed by atoms with van der Waals surface area (Å²) in [5.74, 6) is 0. The van der Waals surface area contributed by atoms with Crippen LogP contribution in [0.4, 0.5) is 0 Å². The van der Waals surface area contributed by atoms with Crippen molar-refractivity contribution in [3.63, 3.8) is 0 Å². The highest BCUT2D eigenvalue weighted by atomic mass is 32.2. The second-order valence-corrected chi connectivity index (χ2v) is 4.93. The van der Waals surface area contributed by atoms with Gasteiger partial charge in [-0.2, -0.15) is 0 Å². The molecular formula is C13H19NO2S. The van der Waals surface area contributed by atoms with E-state index in [1.165, 1.54) is 10.5 Å². The van der Waals surface area contributed by atoms with Gasteiger partial charge in [0.25, 0.3) is 0 Å². The average molecular weight is 253 g/mol. The first-order valence-electron chi connectivity index (χ1n) is 5.91. The number of ether oxygens (including phenoxy) is 2. The van der Waals surface area contributed by atoms with Crippen molar-refractivity contribution in [2.45, 2.75) is 17.5 Å². The number of hydrogen-bond acceptors (Lipinski definition) is 4. The second-order valence-electron chi connectivity index (χ2n) is 4.05. The van der Waals surface area contributed by atoms with Crippen LogP contribution in [0.15, 0.2) is 29.2 Å². The van der Waals surface area contributed by atoms with Crippen molar-refractivity contribution in [1.82, 2.24) is 5.32 Å². The normalized spacial score (nSPS) is 20.4. The molecule has 4 heteroatoms. The van der Waals surface area contributed by atoms with Crippen molar-refractivity contribution in [3.8, 4) is 0 Å². The van der Waals surface area contributed by atoms with Crippen LogP contribution < -0.4 is 5.32 Å². The quantitative estimate of drug-likeness (QED) is 0.812. The van der Waals surface area contributed by atoms with Gasteiger partial charge in [-0.3, -0.25) is 0 Å². The molecule has 17 heavy (non-hydrogen) atoms. The van der Waals surface area contributed by atoms with Gasteiger partial charge in [-0.05, 0) is 24.0 Å². The molecule has 1 fully saturated rings. The summed E-state index contributed by atoms with van der Waals surface area (Å²) in [6.45, 7) is 3.89. The molecule has 3 nitrogen and oxygen atoms in total. The summed E-state index contributed by atoms with van der Waals surface area (Å²) in [7, 11) is 0. The molecule has 1 atom stereocenters. The molecule has 0 radical (unpaired) electrons. The van der Waals surface area contributed by atoms with Gasteiger partial charge in [0.15, 0.2) is 0 Å². The third kappa shape index (κ3) is 4.32. The van der Waals surface area contributed by atoms with E-state index in [1.807, 2.05) is 0 Å². The Morgan fingerprint density at radius 1 is 1.29 bits per heavy atom. The Labute approximate surface area is 107 Å². The molecule has 1 N–H and O–H groups in total. The molecule has 1 unspecified atom stereocenters. The molecule has 1 saturated heterocycles. The van der Waals surface area contributed by atoms with Crippen LogP contribution in [-0.2, 0) is 16.0 Å². The first kappa shape index (κ1) is 12.9. The molecule has 1 aliphatic heterocycles. The number of hydrogen-bond donors (Lipinski definition) is 1. The van der Waals surface area contributed by atoms with Crippen molar-refractivity contribution in [2.24, 2.45) is 0 Å². The maximum absolute atomic E-state index is 5.56. The third-order valence-electron chi connectivity index (χ3n) is 2.75. The number of rotatable bonds is 5. The predicted octanol–water partition coefficient (Wildman–Crippen LogP) is 1.91. The molecule has 1 heterocycles. The molecule has 0 aliphatic carbocycles. The van der Waals surface area contributed by atoms with Crippen molar-refractivity contribution < 1.29 is 9.47 Å². The van der Waals surface area contributed by atoms with E-state index >= 15 is 0 Å². The fraction of sp³-hybridized carbons (Fsp3) is 0.538. The molecule has 1 aromatic rings. The van der Waals surface area contributed by atoms with Crippen LogP contribution in [0.5, 0.6) is 0 Å². The van der Waals surface area contributed by atoms with Gasteiger partial charge in [0.2, 0.25) is 0 Å². The minimum atomic E-state index is 0.203. The number of benzene rings is 1. The lowest BCUT2D eigenvalue weighted by Crippen LogP contribution is -2.37. The summed E-state index contributed by atoms with van der Waals surface area (Å²) in [5, 5.41) is 3.40. The highest BCUT2D eigenvalue weighted by Gasteiger charge is 2.13. The Balaban J connectivity index is 1.69. The van der Waals surface area contributed by atoms with Gasteiger partial charge in [-0.15, -0.1) is 11.8 Å². The fourth-order valence-electron chi connectivity index (χ4n) is 1.78. The van der Waals surface area contributed by atoms with Crippen LogP contribution in [0.3, 0.4) is 0 Å². The standard InChI is InChI=1S/C13H19NO2S/c1-17-13-4-2-11(3-5-13)8-14-9-12-10-15-6-7-16-12/h2-5,12,14H,6-10H2,1H3. The summed E-state index contributed by atoms with van der Waals surface area (Å²) >= 11 is 1.77. The number of thioether (sulfide) groups is 1. The SMILES string of the molecule is CSc1ccc(CNCC2COCCO2)cc1. The highest BCUT2D eigenvalue weighted by Crippen LogP contribution is 2.14. The van der Waals surface area contributed by atoms with Gasteiger partial charge >= 0.3 is 0 Å². The Bertz CT molecular complexity index is 323. The van der Waals surface area contributed by atoms with Crippen LogP contribution in [0.25, 0.3) is 0 Å². The van der Waals surface area contributed by atoms with Gasteiger partial charge in [0.05, 0.1) is 25.9 Å². The number of nitrogens with one attached hydrogen (secondary N) is 1. The maximum Gasteiger partial charge on any atom is 0.0933 e. The summed E-state index contributed by atoms with van der Waals surface area (Å²) in [6, 6.07) is 8.64. The summed E-state index contributed by atoms with van der Waals surface area (Å²) in [6.07, 6.45) is 2.29. The van der Waals surface area contributed by atoms with Crippen molar-refractivity contribution in [1.29, 1.82) is 0 Å². The zero-order chi connectivity index (χ0) is 11.9. The minimum Gasteiger partial charge on any atom is -0.376 e. The van der Waals surface area contributed by atoms with Crippen LogP contribution in [0, 0.1) is 0 Å². The summed E-state index contributed by atoms with van der Waals surface area (Å²) in [4.78, 5) is 1.30. The van der Waals surface area contributed by atoms with E-state index in [4.69, 9.17) is 9.47 Å². The molecule has 1 aromatic carbocycles. The largest absolute Gasteiger partial charge is 0.376 e. The van der Waals surface area contributed by atoms with Crippen molar-refractivity contribution >= 4 is 11.8 Å². The smallest absolute Gasteiger partial charge is 0.0933 e. The first-order chi connectivity index (χ1) is 8.38. The van der Waals surface area contributed by atoms with E-state index in [0.29, 0.717) is 6.61 Å². The molecule has 2 rings (SSSR count). The van der Waals surface area contributed by atoms with E-state index in [-0.39, 0.29) is 6.10 Å². The van der Waals surface area contributed by atoms with Gasteiger partial charge in [0.1, 0.15) is 0 Å². The zero-order valence-corrected chi connectivity index (χ0v) is 11.0. The van der Waals surface area contributed by atoms with Crippen LogP contribution >= 0.6 is 11.8 Å². The van der Waals surface area contributed by atoms with Gasteiger partial charge in [-0.1, -0.05) is 12.1 Å². The summed E-state index contributed by atoms with van der Waals surface area (Å²) in [5.41, 5.74) is 1.31. The van der Waals surface area contributed by atoms with E-state index in [1.54, 1.807) is 11.8 Å². The minimum absolute atomic E-state index is 0.203. The first-order valence-corrected chi connectivity index (χ1v) is 7.14. The van der Waals surface area contributed by atoms with Crippen LogP contribution in [0.1, 0.15) is 5.56 Å². The van der Waals surface area contributed by atoms with E-state index in [0.717, 1.165) is 26.3 Å². The predicted molar refractivity (Wildman–Crippen MR) is 70.5 cm³/mol. The van der Waals surface area contributed by atoms with E-state index in [2.05, 4.69) is 35.8 Å². The average Bonchev–Trinajstić information content (AvgIpc) is 2.41. The molecule has 0 saturated carbocycles. The molecule has 0 bridgehead atoms. The van der Waals surface area contributed by atoms with E-state index < -0.39 is 0 Å². The monoisotopic (exact) mass is 253 g/mol. The topological polar surface area (TPSA) is 30.5 Å². The van der Waals surface area contributed by atoms with Crippen molar-refractivity contribution in [2.75, 3.05) is 32.6 Å². The lowest BCUT2D eigenvalue weighted by molar-refractivity contribution is -0.0864. The molecule has 0 aromatic heterocycles. The second kappa shape index (κ2) is 7.01. The zero-order valence-electron chi connectivity index (χ0n) is 10.1. The Kier molecular flexibility index (Phi) is 5.32. The molecule has 0 amide bonds. The highest BCUT2D eigenvalue weighted by molar-refractivity contribution is 7.98.